The van der Waals surface area contributed by atoms with Gasteiger partial charge in [-0.2, -0.15) is 0 Å². The Hall–Kier alpha value is -0.530. The lowest BCUT2D eigenvalue weighted by atomic mass is 9.88. The van der Waals surface area contributed by atoms with Crippen LogP contribution in [0.5, 0.6) is 0 Å². The second-order valence-corrected chi connectivity index (χ2v) is 6.27. The molecule has 2 aliphatic rings. The van der Waals surface area contributed by atoms with Crippen LogP contribution in [0.15, 0.2) is 0 Å². The second kappa shape index (κ2) is 4.38. The first-order valence-corrected chi connectivity index (χ1v) is 6.70. The average Bonchev–Trinajstić information content (AvgIpc) is 2.87. The van der Waals surface area contributed by atoms with Crippen molar-refractivity contribution in [2.75, 3.05) is 6.61 Å². The van der Waals surface area contributed by atoms with Gasteiger partial charge in [0.2, 0.25) is 0 Å². The number of ether oxygens (including phenoxy) is 1. The first-order valence-electron chi connectivity index (χ1n) is 6.70. The normalized spacial score (nSPS) is 33.1. The highest BCUT2D eigenvalue weighted by Crippen LogP contribution is 2.48. The van der Waals surface area contributed by atoms with Gasteiger partial charge in [0, 0.05) is 0 Å². The van der Waals surface area contributed by atoms with Gasteiger partial charge in [-0.05, 0) is 57.3 Å². The Kier molecular flexibility index (Phi) is 3.27. The molecule has 0 aromatic heterocycles. The first-order chi connectivity index (χ1) is 7.53. The molecular formula is C14H24O2. The van der Waals surface area contributed by atoms with Crippen LogP contribution in [0.1, 0.15) is 52.9 Å². The molecule has 2 bridgehead atoms. The van der Waals surface area contributed by atoms with E-state index < -0.39 is 0 Å². The smallest absolute Gasteiger partial charge is 0.311 e. The van der Waals surface area contributed by atoms with Crippen molar-refractivity contribution in [2.24, 2.45) is 23.2 Å². The monoisotopic (exact) mass is 224 g/mol. The minimum atomic E-state index is -0.308. The molecule has 3 atom stereocenters. The highest BCUT2D eigenvalue weighted by molar-refractivity contribution is 5.75. The summed E-state index contributed by atoms with van der Waals surface area (Å²) in [5.74, 6) is 2.43. The van der Waals surface area contributed by atoms with Crippen LogP contribution in [0.4, 0.5) is 0 Å². The van der Waals surface area contributed by atoms with Crippen LogP contribution in [-0.2, 0) is 9.53 Å². The molecule has 3 unspecified atom stereocenters. The minimum absolute atomic E-state index is 0.0160. The van der Waals surface area contributed by atoms with Crippen molar-refractivity contribution < 1.29 is 9.53 Å². The van der Waals surface area contributed by atoms with Crippen molar-refractivity contribution in [1.29, 1.82) is 0 Å². The van der Waals surface area contributed by atoms with E-state index in [1.807, 2.05) is 20.8 Å². The Morgan fingerprint density at radius 3 is 2.56 bits per heavy atom. The van der Waals surface area contributed by atoms with Crippen LogP contribution in [0, 0.1) is 23.2 Å². The van der Waals surface area contributed by atoms with E-state index in [-0.39, 0.29) is 11.4 Å². The number of fused-ring (bicyclic) bond motifs is 2. The van der Waals surface area contributed by atoms with E-state index in [2.05, 4.69) is 0 Å². The summed E-state index contributed by atoms with van der Waals surface area (Å²) in [5, 5.41) is 0. The minimum Gasteiger partial charge on any atom is -0.465 e. The largest absolute Gasteiger partial charge is 0.465 e. The maximum atomic E-state index is 11.8. The van der Waals surface area contributed by atoms with E-state index in [9.17, 15) is 4.79 Å². The van der Waals surface area contributed by atoms with Crippen LogP contribution >= 0.6 is 0 Å². The van der Waals surface area contributed by atoms with E-state index in [1.54, 1.807) is 0 Å². The van der Waals surface area contributed by atoms with Crippen LogP contribution in [0.2, 0.25) is 0 Å². The Bertz CT molecular complexity index is 270. The summed E-state index contributed by atoms with van der Waals surface area (Å²) in [7, 11) is 0. The fourth-order valence-corrected chi connectivity index (χ4v) is 3.10. The molecule has 0 heterocycles. The predicted octanol–water partition coefficient (Wildman–Crippen LogP) is 3.40. The number of carbonyl (C=O) groups excluding carboxylic acids is 1. The fourth-order valence-electron chi connectivity index (χ4n) is 3.10. The predicted molar refractivity (Wildman–Crippen MR) is 64.0 cm³/mol. The third kappa shape index (κ3) is 2.26. The summed E-state index contributed by atoms with van der Waals surface area (Å²) in [6, 6.07) is 0. The van der Waals surface area contributed by atoms with Gasteiger partial charge in [0.1, 0.15) is 0 Å². The van der Waals surface area contributed by atoms with E-state index in [1.165, 1.54) is 25.7 Å². The molecule has 2 saturated carbocycles. The Morgan fingerprint density at radius 2 is 2.06 bits per heavy atom. The standard InChI is InChI=1S/C14H24O2/c1-4-14(2,3)13(15)16-9-12-8-10-5-6-11(12)7-10/h10-12H,4-9H2,1-3H3. The van der Waals surface area contributed by atoms with Crippen molar-refractivity contribution in [2.45, 2.75) is 52.9 Å². The van der Waals surface area contributed by atoms with Gasteiger partial charge in [0.25, 0.3) is 0 Å². The highest BCUT2D eigenvalue weighted by Gasteiger charge is 2.40. The van der Waals surface area contributed by atoms with Crippen molar-refractivity contribution >= 4 is 5.97 Å². The number of hydrogen-bond donors (Lipinski definition) is 0. The molecule has 2 aliphatic carbocycles. The third-order valence-corrected chi connectivity index (χ3v) is 4.75. The maximum Gasteiger partial charge on any atom is 0.311 e. The van der Waals surface area contributed by atoms with E-state index >= 15 is 0 Å². The third-order valence-electron chi connectivity index (χ3n) is 4.75. The molecule has 0 spiro atoms. The molecule has 92 valence electrons. The van der Waals surface area contributed by atoms with E-state index in [0.29, 0.717) is 12.5 Å². The molecule has 0 aliphatic heterocycles. The SMILES string of the molecule is CCC(C)(C)C(=O)OCC1CC2CCC1C2. The number of hydrogen-bond acceptors (Lipinski definition) is 2. The van der Waals surface area contributed by atoms with Gasteiger partial charge >= 0.3 is 5.97 Å². The zero-order valence-corrected chi connectivity index (χ0v) is 10.8. The lowest BCUT2D eigenvalue weighted by molar-refractivity contribution is -0.156. The molecule has 0 amide bonds. The second-order valence-electron chi connectivity index (χ2n) is 6.27. The zero-order valence-electron chi connectivity index (χ0n) is 10.8. The van der Waals surface area contributed by atoms with Crippen molar-refractivity contribution in [3.8, 4) is 0 Å². The van der Waals surface area contributed by atoms with E-state index in [0.717, 1.165) is 18.3 Å². The summed E-state index contributed by atoms with van der Waals surface area (Å²) in [4.78, 5) is 11.8. The summed E-state index contributed by atoms with van der Waals surface area (Å²) >= 11 is 0. The summed E-state index contributed by atoms with van der Waals surface area (Å²) in [5.41, 5.74) is -0.308. The van der Waals surface area contributed by atoms with Crippen LogP contribution < -0.4 is 0 Å². The van der Waals surface area contributed by atoms with Crippen molar-refractivity contribution in [1.82, 2.24) is 0 Å². The first kappa shape index (κ1) is 11.9. The molecular weight excluding hydrogens is 200 g/mol. The lowest BCUT2D eigenvalue weighted by Gasteiger charge is -2.25. The Morgan fingerprint density at radius 1 is 1.31 bits per heavy atom. The summed E-state index contributed by atoms with van der Waals surface area (Å²) in [6.07, 6.45) is 6.31. The molecule has 0 aromatic rings. The summed E-state index contributed by atoms with van der Waals surface area (Å²) in [6.45, 7) is 6.65. The van der Waals surface area contributed by atoms with Gasteiger partial charge in [-0.25, -0.2) is 0 Å². The fraction of sp³-hybridized carbons (Fsp3) is 0.929. The molecule has 2 nitrogen and oxygen atoms in total. The van der Waals surface area contributed by atoms with Crippen LogP contribution in [0.25, 0.3) is 0 Å². The summed E-state index contributed by atoms with van der Waals surface area (Å²) < 4.78 is 5.50. The quantitative estimate of drug-likeness (QED) is 0.684. The highest BCUT2D eigenvalue weighted by atomic mass is 16.5. The number of rotatable bonds is 4. The van der Waals surface area contributed by atoms with Crippen LogP contribution in [0.3, 0.4) is 0 Å². The number of esters is 1. The van der Waals surface area contributed by atoms with E-state index in [4.69, 9.17) is 4.74 Å². The van der Waals surface area contributed by atoms with Crippen LogP contribution in [-0.4, -0.2) is 12.6 Å². The molecule has 0 aromatic carbocycles. The molecule has 0 N–H and O–H groups in total. The van der Waals surface area contributed by atoms with Gasteiger partial charge in [0.05, 0.1) is 12.0 Å². The lowest BCUT2D eigenvalue weighted by Crippen LogP contribution is -2.28. The average molecular weight is 224 g/mol. The zero-order chi connectivity index (χ0) is 11.8. The molecule has 0 saturated heterocycles. The Labute approximate surface area is 98.7 Å². The number of carbonyl (C=O) groups is 1. The molecule has 0 radical (unpaired) electrons. The van der Waals surface area contributed by atoms with Gasteiger partial charge in [0.15, 0.2) is 0 Å². The molecule has 2 fully saturated rings. The maximum absolute atomic E-state index is 11.8. The van der Waals surface area contributed by atoms with Gasteiger partial charge in [-0.3, -0.25) is 4.79 Å². The van der Waals surface area contributed by atoms with Gasteiger partial charge < -0.3 is 4.74 Å². The van der Waals surface area contributed by atoms with Gasteiger partial charge in [-0.1, -0.05) is 13.3 Å². The molecule has 2 rings (SSSR count). The Balaban J connectivity index is 1.78. The molecule has 2 heteroatoms. The van der Waals surface area contributed by atoms with Crippen molar-refractivity contribution in [3.05, 3.63) is 0 Å². The molecule has 16 heavy (non-hydrogen) atoms. The topological polar surface area (TPSA) is 26.3 Å². The van der Waals surface area contributed by atoms with Crippen molar-refractivity contribution in [3.63, 3.8) is 0 Å². The van der Waals surface area contributed by atoms with Gasteiger partial charge in [-0.15, -0.1) is 0 Å².